The zero-order valence-corrected chi connectivity index (χ0v) is 12.5. The van der Waals surface area contributed by atoms with Crippen molar-refractivity contribution in [2.45, 2.75) is 19.4 Å². The van der Waals surface area contributed by atoms with Crippen LogP contribution in [0.15, 0.2) is 42.5 Å². The van der Waals surface area contributed by atoms with Crippen LogP contribution < -0.4 is 10.5 Å². The number of nitrogens with two attached hydrogens (primary N) is 1. The Morgan fingerprint density at radius 3 is 2.33 bits per heavy atom. The van der Waals surface area contributed by atoms with Gasteiger partial charge in [0.15, 0.2) is 0 Å². The topological polar surface area (TPSA) is 38.5 Å². The molecule has 0 fully saturated rings. The van der Waals surface area contributed by atoms with Crippen LogP contribution in [0.4, 0.5) is 5.69 Å². The monoisotopic (exact) mass is 282 g/mol. The Hall–Kier alpha value is -2.00. The molecule has 110 valence electrons. The largest absolute Gasteiger partial charge is 0.496 e. The molecular formula is C18H22N2O. The van der Waals surface area contributed by atoms with Gasteiger partial charge in [0.05, 0.1) is 7.11 Å². The van der Waals surface area contributed by atoms with Crippen LogP contribution in [-0.4, -0.2) is 25.1 Å². The summed E-state index contributed by atoms with van der Waals surface area (Å²) in [4.78, 5) is 2.49. The molecule has 0 spiro atoms. The van der Waals surface area contributed by atoms with Crippen LogP contribution in [0.25, 0.3) is 0 Å². The highest BCUT2D eigenvalue weighted by atomic mass is 16.5. The molecule has 3 rings (SSSR count). The third kappa shape index (κ3) is 3.19. The van der Waals surface area contributed by atoms with E-state index in [1.807, 2.05) is 12.1 Å². The fourth-order valence-electron chi connectivity index (χ4n) is 3.01. The van der Waals surface area contributed by atoms with Crippen LogP contribution in [-0.2, 0) is 19.4 Å². The molecule has 0 amide bonds. The highest BCUT2D eigenvalue weighted by molar-refractivity contribution is 5.48. The Morgan fingerprint density at radius 2 is 1.71 bits per heavy atom. The van der Waals surface area contributed by atoms with Crippen molar-refractivity contribution in [2.24, 2.45) is 0 Å². The lowest BCUT2D eigenvalue weighted by molar-refractivity contribution is 0.274. The van der Waals surface area contributed by atoms with Gasteiger partial charge in [0.1, 0.15) is 5.75 Å². The third-order valence-electron chi connectivity index (χ3n) is 4.22. The van der Waals surface area contributed by atoms with Crippen LogP contribution >= 0.6 is 0 Å². The first-order valence-corrected chi connectivity index (χ1v) is 7.48. The summed E-state index contributed by atoms with van der Waals surface area (Å²) in [6.07, 6.45) is 2.24. The lowest BCUT2D eigenvalue weighted by Gasteiger charge is -2.21. The standard InChI is InChI=1S/C18H22N2O/c1-21-18-12-17(19)7-6-16(18)13-20-10-8-14-4-2-3-5-15(14)9-11-20/h2-7,12H,8-11,13,19H2,1H3. The summed E-state index contributed by atoms with van der Waals surface area (Å²) in [5.41, 5.74) is 10.8. The van der Waals surface area contributed by atoms with E-state index in [4.69, 9.17) is 10.5 Å². The number of nitrogen functional groups attached to an aromatic ring is 1. The molecular weight excluding hydrogens is 260 g/mol. The number of methoxy groups -OCH3 is 1. The summed E-state index contributed by atoms with van der Waals surface area (Å²) >= 11 is 0. The SMILES string of the molecule is COc1cc(N)ccc1CN1CCc2ccccc2CC1. The minimum absolute atomic E-state index is 0.749. The second kappa shape index (κ2) is 6.19. The van der Waals surface area contributed by atoms with Gasteiger partial charge in [-0.05, 0) is 30.0 Å². The molecule has 0 saturated carbocycles. The van der Waals surface area contributed by atoms with Crippen molar-refractivity contribution in [1.82, 2.24) is 4.90 Å². The van der Waals surface area contributed by atoms with E-state index in [1.54, 1.807) is 7.11 Å². The van der Waals surface area contributed by atoms with Gasteiger partial charge in [-0.3, -0.25) is 4.90 Å². The van der Waals surface area contributed by atoms with Gasteiger partial charge in [0.2, 0.25) is 0 Å². The molecule has 1 aliphatic heterocycles. The number of benzene rings is 2. The lowest BCUT2D eigenvalue weighted by atomic mass is 10.0. The van der Waals surface area contributed by atoms with E-state index in [9.17, 15) is 0 Å². The van der Waals surface area contributed by atoms with Crippen LogP contribution in [0.2, 0.25) is 0 Å². The van der Waals surface area contributed by atoms with Crippen LogP contribution in [0.3, 0.4) is 0 Å². The fourth-order valence-corrected chi connectivity index (χ4v) is 3.01. The third-order valence-corrected chi connectivity index (χ3v) is 4.22. The van der Waals surface area contributed by atoms with Gasteiger partial charge < -0.3 is 10.5 Å². The van der Waals surface area contributed by atoms with E-state index < -0.39 is 0 Å². The van der Waals surface area contributed by atoms with Crippen molar-refractivity contribution in [3.8, 4) is 5.75 Å². The molecule has 2 N–H and O–H groups in total. The molecule has 0 aliphatic carbocycles. The van der Waals surface area contributed by atoms with Crippen LogP contribution in [0.1, 0.15) is 16.7 Å². The number of hydrogen-bond acceptors (Lipinski definition) is 3. The van der Waals surface area contributed by atoms with Crippen molar-refractivity contribution in [3.63, 3.8) is 0 Å². The number of ether oxygens (including phenoxy) is 1. The van der Waals surface area contributed by atoms with Gasteiger partial charge in [-0.2, -0.15) is 0 Å². The van der Waals surface area contributed by atoms with Gasteiger partial charge in [-0.25, -0.2) is 0 Å². The molecule has 0 aromatic heterocycles. The Bertz CT molecular complexity index is 597. The summed E-state index contributed by atoms with van der Waals surface area (Å²) in [6.45, 7) is 3.09. The molecule has 2 aromatic carbocycles. The summed E-state index contributed by atoms with van der Waals surface area (Å²) in [7, 11) is 1.70. The zero-order valence-electron chi connectivity index (χ0n) is 12.5. The average Bonchev–Trinajstić information content (AvgIpc) is 2.72. The highest BCUT2D eigenvalue weighted by Gasteiger charge is 2.15. The van der Waals surface area contributed by atoms with Crippen molar-refractivity contribution in [3.05, 3.63) is 59.2 Å². The van der Waals surface area contributed by atoms with E-state index in [1.165, 1.54) is 16.7 Å². The maximum atomic E-state index is 5.83. The summed E-state index contributed by atoms with van der Waals surface area (Å²) in [5, 5.41) is 0. The second-order valence-electron chi connectivity index (χ2n) is 5.62. The Kier molecular flexibility index (Phi) is 4.11. The fraction of sp³-hybridized carbons (Fsp3) is 0.333. The molecule has 2 aromatic rings. The first kappa shape index (κ1) is 14.0. The molecule has 1 aliphatic rings. The minimum atomic E-state index is 0.749. The van der Waals surface area contributed by atoms with Crippen molar-refractivity contribution in [1.29, 1.82) is 0 Å². The smallest absolute Gasteiger partial charge is 0.125 e. The van der Waals surface area contributed by atoms with Crippen molar-refractivity contribution >= 4 is 5.69 Å². The summed E-state index contributed by atoms with van der Waals surface area (Å²) in [5.74, 6) is 0.886. The molecule has 0 atom stereocenters. The molecule has 0 radical (unpaired) electrons. The minimum Gasteiger partial charge on any atom is -0.496 e. The van der Waals surface area contributed by atoms with Crippen molar-refractivity contribution < 1.29 is 4.74 Å². The normalized spacial score (nSPS) is 15.3. The Morgan fingerprint density at radius 1 is 1.05 bits per heavy atom. The number of hydrogen-bond donors (Lipinski definition) is 1. The quantitative estimate of drug-likeness (QED) is 0.880. The van der Waals surface area contributed by atoms with Crippen LogP contribution in [0, 0.1) is 0 Å². The van der Waals surface area contributed by atoms with Crippen LogP contribution in [0.5, 0.6) is 5.75 Å². The predicted molar refractivity (Wildman–Crippen MR) is 86.5 cm³/mol. The lowest BCUT2D eigenvalue weighted by Crippen LogP contribution is -2.26. The number of nitrogens with zero attached hydrogens (tertiary/aromatic N) is 1. The van der Waals surface area contributed by atoms with E-state index in [0.717, 1.165) is 43.9 Å². The van der Waals surface area contributed by atoms with E-state index in [0.29, 0.717) is 0 Å². The predicted octanol–water partition coefficient (Wildman–Crippen LogP) is 2.88. The van der Waals surface area contributed by atoms with E-state index in [-0.39, 0.29) is 0 Å². The van der Waals surface area contributed by atoms with E-state index >= 15 is 0 Å². The maximum absolute atomic E-state index is 5.83. The van der Waals surface area contributed by atoms with Gasteiger partial charge in [-0.15, -0.1) is 0 Å². The number of rotatable bonds is 3. The van der Waals surface area contributed by atoms with Gasteiger partial charge in [0.25, 0.3) is 0 Å². The molecule has 1 heterocycles. The van der Waals surface area contributed by atoms with Gasteiger partial charge in [0, 0.05) is 37.0 Å². The van der Waals surface area contributed by atoms with Gasteiger partial charge >= 0.3 is 0 Å². The molecule has 0 bridgehead atoms. The molecule has 0 unspecified atom stereocenters. The van der Waals surface area contributed by atoms with E-state index in [2.05, 4.69) is 35.2 Å². The molecule has 3 heteroatoms. The summed E-state index contributed by atoms with van der Waals surface area (Å²) < 4.78 is 5.45. The van der Waals surface area contributed by atoms with Crippen molar-refractivity contribution in [2.75, 3.05) is 25.9 Å². The molecule has 0 saturated heterocycles. The number of anilines is 1. The highest BCUT2D eigenvalue weighted by Crippen LogP contribution is 2.24. The first-order valence-electron chi connectivity index (χ1n) is 7.48. The molecule has 3 nitrogen and oxygen atoms in total. The van der Waals surface area contributed by atoms with Gasteiger partial charge in [-0.1, -0.05) is 30.3 Å². The zero-order chi connectivity index (χ0) is 14.7. The first-order chi connectivity index (χ1) is 10.3. The Labute approximate surface area is 126 Å². The summed E-state index contributed by atoms with van der Waals surface area (Å²) in [6, 6.07) is 14.7. The average molecular weight is 282 g/mol. The number of fused-ring (bicyclic) bond motifs is 1. The maximum Gasteiger partial charge on any atom is 0.125 e. The Balaban J connectivity index is 1.72. The second-order valence-corrected chi connectivity index (χ2v) is 5.62. The molecule has 21 heavy (non-hydrogen) atoms.